The second-order valence-electron chi connectivity index (χ2n) is 7.67. The molecule has 7 heteroatoms. The predicted octanol–water partition coefficient (Wildman–Crippen LogP) is 4.42. The lowest BCUT2D eigenvalue weighted by Crippen LogP contribution is -2.41. The first kappa shape index (κ1) is 20.5. The number of rotatable bonds is 3. The summed E-state index contributed by atoms with van der Waals surface area (Å²) in [4.78, 5) is 38.0. The summed E-state index contributed by atoms with van der Waals surface area (Å²) < 4.78 is 16.5. The van der Waals surface area contributed by atoms with Gasteiger partial charge in [0.1, 0.15) is 11.3 Å². The molecule has 0 aliphatic carbocycles. The van der Waals surface area contributed by atoms with Crippen LogP contribution in [0.25, 0.3) is 21.5 Å². The molecule has 5 rings (SSSR count). The van der Waals surface area contributed by atoms with Gasteiger partial charge in [-0.1, -0.05) is 54.6 Å². The van der Waals surface area contributed by atoms with Crippen molar-refractivity contribution in [3.05, 3.63) is 89.0 Å². The van der Waals surface area contributed by atoms with Crippen molar-refractivity contribution in [2.24, 2.45) is 0 Å². The van der Waals surface area contributed by atoms with Crippen LogP contribution in [0.1, 0.15) is 38.8 Å². The minimum absolute atomic E-state index is 0.153. The molecule has 4 aromatic carbocycles. The van der Waals surface area contributed by atoms with Crippen LogP contribution in [0.4, 0.5) is 0 Å². The number of carbonyl (C=O) groups excluding carboxylic acids is 3. The maximum atomic E-state index is 13.2. The van der Waals surface area contributed by atoms with Crippen LogP contribution in [-0.2, 0) is 24.8 Å². The molecule has 0 spiro atoms. The highest BCUT2D eigenvalue weighted by Gasteiger charge is 2.49. The average molecular weight is 442 g/mol. The van der Waals surface area contributed by atoms with Crippen LogP contribution in [0.2, 0.25) is 0 Å². The van der Waals surface area contributed by atoms with E-state index in [-0.39, 0.29) is 16.9 Å². The number of esters is 3. The van der Waals surface area contributed by atoms with Crippen molar-refractivity contribution >= 4 is 39.5 Å². The van der Waals surface area contributed by atoms with E-state index in [9.17, 15) is 19.5 Å². The molecule has 0 saturated heterocycles. The Morgan fingerprint density at radius 1 is 0.939 bits per heavy atom. The molecule has 164 valence electrons. The fourth-order valence-corrected chi connectivity index (χ4v) is 4.46. The number of hydrogen-bond acceptors (Lipinski definition) is 7. The first-order valence-electron chi connectivity index (χ1n) is 10.2. The fraction of sp³-hybridized carbons (Fsp3) is 0.115. The van der Waals surface area contributed by atoms with Gasteiger partial charge in [-0.2, -0.15) is 0 Å². The lowest BCUT2D eigenvalue weighted by Gasteiger charge is -2.38. The lowest BCUT2D eigenvalue weighted by molar-refractivity contribution is -0.195. The lowest BCUT2D eigenvalue weighted by atomic mass is 9.84. The Balaban J connectivity index is 1.97. The molecule has 0 bridgehead atoms. The summed E-state index contributed by atoms with van der Waals surface area (Å²) in [5.41, 5.74) is 0.820. The van der Waals surface area contributed by atoms with E-state index in [1.807, 2.05) is 12.1 Å². The number of ether oxygens (including phenoxy) is 3. The van der Waals surface area contributed by atoms with Gasteiger partial charge < -0.3 is 19.3 Å². The predicted molar refractivity (Wildman–Crippen MR) is 119 cm³/mol. The monoisotopic (exact) mass is 442 g/mol. The summed E-state index contributed by atoms with van der Waals surface area (Å²) in [7, 11) is 1.19. The second-order valence-corrected chi connectivity index (χ2v) is 7.67. The van der Waals surface area contributed by atoms with Gasteiger partial charge in [0.05, 0.1) is 23.8 Å². The van der Waals surface area contributed by atoms with Crippen molar-refractivity contribution in [2.75, 3.05) is 7.11 Å². The standard InChI is InChI=1S/C26H18O7/c1-14(27)32-26(20-12-6-8-15-7-5-11-18(22(15)20)25(30)33-26)21-13-19(24(29)31-2)23(28)17-10-4-3-9-16(17)21/h3-13,28H,1-2H3. The molecule has 1 N–H and O–H groups in total. The number of hydrogen-bond donors (Lipinski definition) is 1. The molecule has 1 aliphatic heterocycles. The number of aromatic hydroxyl groups is 1. The molecule has 7 nitrogen and oxygen atoms in total. The Hall–Kier alpha value is -4.39. The molecule has 4 aromatic rings. The molecular formula is C26H18O7. The maximum absolute atomic E-state index is 13.2. The van der Waals surface area contributed by atoms with Crippen LogP contribution in [0.15, 0.2) is 66.7 Å². The van der Waals surface area contributed by atoms with Crippen molar-refractivity contribution in [3.63, 3.8) is 0 Å². The molecule has 0 amide bonds. The zero-order valence-corrected chi connectivity index (χ0v) is 17.7. The largest absolute Gasteiger partial charge is 0.506 e. The van der Waals surface area contributed by atoms with E-state index in [0.717, 1.165) is 5.39 Å². The minimum Gasteiger partial charge on any atom is -0.506 e. The van der Waals surface area contributed by atoms with Gasteiger partial charge in [-0.05, 0) is 22.9 Å². The molecule has 1 heterocycles. The van der Waals surface area contributed by atoms with E-state index in [1.54, 1.807) is 48.5 Å². The van der Waals surface area contributed by atoms with E-state index < -0.39 is 23.7 Å². The Morgan fingerprint density at radius 2 is 1.64 bits per heavy atom. The molecule has 1 aliphatic rings. The van der Waals surface area contributed by atoms with Gasteiger partial charge in [-0.3, -0.25) is 4.79 Å². The molecule has 1 unspecified atom stereocenters. The third kappa shape index (κ3) is 2.93. The average Bonchev–Trinajstić information content (AvgIpc) is 2.81. The zero-order valence-electron chi connectivity index (χ0n) is 17.7. The second kappa shape index (κ2) is 7.34. The zero-order chi connectivity index (χ0) is 23.3. The topological polar surface area (TPSA) is 99.1 Å². The summed E-state index contributed by atoms with van der Waals surface area (Å²) in [5, 5.41) is 12.9. The highest BCUT2D eigenvalue weighted by Crippen LogP contribution is 2.48. The molecule has 0 saturated carbocycles. The molecule has 0 radical (unpaired) electrons. The van der Waals surface area contributed by atoms with E-state index in [0.29, 0.717) is 27.3 Å². The SMILES string of the molecule is COC(=O)c1cc(C2(OC(C)=O)OC(=O)c3cccc4cccc2c34)c2ccccc2c1O. The number of methoxy groups -OCH3 is 1. The van der Waals surface area contributed by atoms with Gasteiger partial charge in [0.25, 0.3) is 0 Å². The fourth-order valence-electron chi connectivity index (χ4n) is 4.46. The highest BCUT2D eigenvalue weighted by molar-refractivity contribution is 6.10. The maximum Gasteiger partial charge on any atom is 0.342 e. The van der Waals surface area contributed by atoms with Crippen LogP contribution in [0.5, 0.6) is 5.75 Å². The number of fused-ring (bicyclic) bond motifs is 1. The first-order chi connectivity index (χ1) is 15.9. The number of benzene rings is 4. The molecule has 1 atom stereocenters. The molecule has 33 heavy (non-hydrogen) atoms. The number of phenolic OH excluding ortho intramolecular Hbond substituents is 1. The van der Waals surface area contributed by atoms with Crippen molar-refractivity contribution < 1.29 is 33.7 Å². The number of phenols is 1. The summed E-state index contributed by atoms with van der Waals surface area (Å²) >= 11 is 0. The van der Waals surface area contributed by atoms with Crippen molar-refractivity contribution in [1.82, 2.24) is 0 Å². The van der Waals surface area contributed by atoms with Crippen molar-refractivity contribution in [2.45, 2.75) is 12.7 Å². The van der Waals surface area contributed by atoms with E-state index in [4.69, 9.17) is 14.2 Å². The van der Waals surface area contributed by atoms with Crippen LogP contribution in [0.3, 0.4) is 0 Å². The van der Waals surface area contributed by atoms with Gasteiger partial charge >= 0.3 is 23.7 Å². The quantitative estimate of drug-likeness (QED) is 0.469. The highest BCUT2D eigenvalue weighted by atomic mass is 16.7. The summed E-state index contributed by atoms with van der Waals surface area (Å²) in [6, 6.07) is 18.6. The Bertz CT molecular complexity index is 1480. The number of carbonyl (C=O) groups is 3. The van der Waals surface area contributed by atoms with Gasteiger partial charge in [-0.25, -0.2) is 9.59 Å². The van der Waals surface area contributed by atoms with Gasteiger partial charge in [0.15, 0.2) is 0 Å². The third-order valence-electron chi connectivity index (χ3n) is 5.78. The van der Waals surface area contributed by atoms with Crippen LogP contribution in [0, 0.1) is 0 Å². The Labute approximate surface area is 188 Å². The molecule has 0 aromatic heterocycles. The molecule has 0 fully saturated rings. The van der Waals surface area contributed by atoms with Gasteiger partial charge in [0.2, 0.25) is 0 Å². The Kier molecular flexibility index (Phi) is 4.56. The van der Waals surface area contributed by atoms with E-state index >= 15 is 0 Å². The smallest absolute Gasteiger partial charge is 0.342 e. The molecular weight excluding hydrogens is 424 g/mol. The third-order valence-corrected chi connectivity index (χ3v) is 5.78. The number of cyclic esters (lactones) is 1. The summed E-state index contributed by atoms with van der Waals surface area (Å²) in [5.74, 6) is -4.46. The normalized spacial score (nSPS) is 17.0. The Morgan fingerprint density at radius 3 is 2.33 bits per heavy atom. The van der Waals surface area contributed by atoms with Crippen molar-refractivity contribution in [1.29, 1.82) is 0 Å². The van der Waals surface area contributed by atoms with Gasteiger partial charge in [0, 0.05) is 17.7 Å². The summed E-state index contributed by atoms with van der Waals surface area (Å²) in [6.45, 7) is 1.21. The van der Waals surface area contributed by atoms with E-state index in [2.05, 4.69) is 0 Å². The van der Waals surface area contributed by atoms with Gasteiger partial charge in [-0.15, -0.1) is 0 Å². The van der Waals surface area contributed by atoms with Crippen LogP contribution < -0.4 is 0 Å². The van der Waals surface area contributed by atoms with Crippen LogP contribution >= 0.6 is 0 Å². The first-order valence-corrected chi connectivity index (χ1v) is 10.2. The minimum atomic E-state index is -1.99. The van der Waals surface area contributed by atoms with Crippen LogP contribution in [-0.4, -0.2) is 30.1 Å². The van der Waals surface area contributed by atoms with E-state index in [1.165, 1.54) is 20.1 Å². The van der Waals surface area contributed by atoms with Crippen molar-refractivity contribution in [3.8, 4) is 5.75 Å². The summed E-state index contributed by atoms with van der Waals surface area (Å²) in [6.07, 6.45) is 0.